The average molecular weight is 236 g/mol. The van der Waals surface area contributed by atoms with Crippen molar-refractivity contribution < 1.29 is 4.79 Å². The summed E-state index contributed by atoms with van der Waals surface area (Å²) in [5.41, 5.74) is 1.12. The molecule has 0 amide bonds. The highest BCUT2D eigenvalue weighted by atomic mass is 16.1. The molecule has 0 saturated carbocycles. The molecule has 2 fully saturated rings. The minimum absolute atomic E-state index is 0.160. The van der Waals surface area contributed by atoms with E-state index in [1.807, 2.05) is 19.9 Å². The summed E-state index contributed by atoms with van der Waals surface area (Å²) in [6.07, 6.45) is 6.44. The van der Waals surface area contributed by atoms with Crippen LogP contribution in [-0.4, -0.2) is 42.4 Å². The molecule has 2 saturated heterocycles. The molecule has 3 nitrogen and oxygen atoms in total. The first-order valence-corrected chi connectivity index (χ1v) is 6.83. The van der Waals surface area contributed by atoms with Crippen LogP contribution in [0.3, 0.4) is 0 Å². The van der Waals surface area contributed by atoms with E-state index in [0.29, 0.717) is 11.8 Å². The molecule has 2 heterocycles. The molecule has 17 heavy (non-hydrogen) atoms. The first-order valence-electron chi connectivity index (χ1n) is 6.83. The molecule has 0 radical (unpaired) electrons. The molecule has 1 N–H and O–H groups in total. The summed E-state index contributed by atoms with van der Waals surface area (Å²) in [6.45, 7) is 7.32. The molecule has 0 aromatic carbocycles. The number of nitrogens with zero attached hydrogens (tertiary/aromatic N) is 1. The van der Waals surface area contributed by atoms with E-state index in [1.165, 1.54) is 19.3 Å². The van der Waals surface area contributed by atoms with E-state index < -0.39 is 0 Å². The van der Waals surface area contributed by atoms with Crippen LogP contribution in [0.15, 0.2) is 11.6 Å². The standard InChI is InChI=1S/C14H24N2O/c1-11(2)10-14(17)13-4-3-9-16(13)12-5-7-15-8-6-12/h10,12-13,15H,3-9H2,1-2H3. The van der Waals surface area contributed by atoms with E-state index >= 15 is 0 Å². The van der Waals surface area contributed by atoms with Crippen molar-refractivity contribution in [3.8, 4) is 0 Å². The first kappa shape index (κ1) is 12.8. The third-order valence-electron chi connectivity index (χ3n) is 3.83. The number of piperidine rings is 1. The molecule has 3 heteroatoms. The monoisotopic (exact) mass is 236 g/mol. The first-order chi connectivity index (χ1) is 8.18. The van der Waals surface area contributed by atoms with Crippen molar-refractivity contribution in [1.29, 1.82) is 0 Å². The number of rotatable bonds is 3. The fourth-order valence-electron chi connectivity index (χ4n) is 3.05. The molecule has 0 aromatic heterocycles. The van der Waals surface area contributed by atoms with Gasteiger partial charge < -0.3 is 5.32 Å². The smallest absolute Gasteiger partial charge is 0.172 e. The number of carbonyl (C=O) groups excluding carboxylic acids is 1. The largest absolute Gasteiger partial charge is 0.317 e. The Hall–Kier alpha value is -0.670. The fourth-order valence-corrected chi connectivity index (χ4v) is 3.05. The summed E-state index contributed by atoms with van der Waals surface area (Å²) in [6, 6.07) is 0.784. The molecule has 2 aliphatic heterocycles. The summed E-state index contributed by atoms with van der Waals surface area (Å²) in [5, 5.41) is 3.39. The highest BCUT2D eigenvalue weighted by Gasteiger charge is 2.34. The number of hydrogen-bond donors (Lipinski definition) is 1. The molecular formula is C14H24N2O. The molecule has 1 unspecified atom stereocenters. The van der Waals surface area contributed by atoms with Crippen molar-refractivity contribution in [1.82, 2.24) is 10.2 Å². The van der Waals surface area contributed by atoms with Crippen LogP contribution in [0, 0.1) is 0 Å². The van der Waals surface area contributed by atoms with Gasteiger partial charge in [0.1, 0.15) is 0 Å². The Bertz CT molecular complexity index is 301. The van der Waals surface area contributed by atoms with Crippen molar-refractivity contribution in [3.63, 3.8) is 0 Å². The van der Waals surface area contributed by atoms with E-state index in [2.05, 4.69) is 10.2 Å². The summed E-state index contributed by atoms with van der Waals surface area (Å²) >= 11 is 0. The van der Waals surface area contributed by atoms with Crippen LogP contribution in [-0.2, 0) is 4.79 Å². The molecule has 0 spiro atoms. The quantitative estimate of drug-likeness (QED) is 0.758. The van der Waals surface area contributed by atoms with E-state index in [-0.39, 0.29) is 6.04 Å². The minimum atomic E-state index is 0.160. The van der Waals surface area contributed by atoms with Crippen LogP contribution in [0.4, 0.5) is 0 Å². The van der Waals surface area contributed by atoms with Gasteiger partial charge in [-0.3, -0.25) is 9.69 Å². The minimum Gasteiger partial charge on any atom is -0.317 e. The zero-order valence-corrected chi connectivity index (χ0v) is 11.0. The number of likely N-dealkylation sites (tertiary alicyclic amines) is 1. The highest BCUT2D eigenvalue weighted by Crippen LogP contribution is 2.25. The summed E-state index contributed by atoms with van der Waals surface area (Å²) in [5.74, 6) is 0.320. The van der Waals surface area contributed by atoms with Gasteiger partial charge in [0.05, 0.1) is 6.04 Å². The van der Waals surface area contributed by atoms with Crippen molar-refractivity contribution in [2.75, 3.05) is 19.6 Å². The normalized spacial score (nSPS) is 27.1. The maximum absolute atomic E-state index is 12.2. The second-order valence-electron chi connectivity index (χ2n) is 5.50. The van der Waals surface area contributed by atoms with Crippen LogP contribution in [0.1, 0.15) is 39.5 Å². The second kappa shape index (κ2) is 5.78. The zero-order chi connectivity index (χ0) is 12.3. The van der Waals surface area contributed by atoms with Crippen molar-refractivity contribution in [3.05, 3.63) is 11.6 Å². The Kier molecular flexibility index (Phi) is 4.35. The molecule has 2 aliphatic rings. The highest BCUT2D eigenvalue weighted by molar-refractivity contribution is 5.95. The number of nitrogens with one attached hydrogen (secondary N) is 1. The van der Waals surface area contributed by atoms with Gasteiger partial charge in [0.25, 0.3) is 0 Å². The second-order valence-corrected chi connectivity index (χ2v) is 5.50. The molecule has 0 bridgehead atoms. The number of carbonyl (C=O) groups is 1. The third-order valence-corrected chi connectivity index (χ3v) is 3.83. The molecular weight excluding hydrogens is 212 g/mol. The van der Waals surface area contributed by atoms with Crippen LogP contribution < -0.4 is 5.32 Å². The Morgan fingerprint density at radius 3 is 2.59 bits per heavy atom. The van der Waals surface area contributed by atoms with E-state index in [4.69, 9.17) is 0 Å². The van der Waals surface area contributed by atoms with Crippen LogP contribution in [0.25, 0.3) is 0 Å². The van der Waals surface area contributed by atoms with E-state index in [1.54, 1.807) is 0 Å². The van der Waals surface area contributed by atoms with Crippen molar-refractivity contribution in [2.45, 2.75) is 51.6 Å². The molecule has 96 valence electrons. The summed E-state index contributed by atoms with van der Waals surface area (Å²) < 4.78 is 0. The topological polar surface area (TPSA) is 32.3 Å². The fraction of sp³-hybridized carbons (Fsp3) is 0.786. The number of hydrogen-bond acceptors (Lipinski definition) is 3. The number of allylic oxidation sites excluding steroid dienone is 1. The Morgan fingerprint density at radius 1 is 1.24 bits per heavy atom. The lowest BCUT2D eigenvalue weighted by molar-refractivity contribution is -0.119. The SMILES string of the molecule is CC(C)=CC(=O)C1CCCN1C1CCNCC1. The van der Waals surface area contributed by atoms with E-state index in [0.717, 1.165) is 31.6 Å². The predicted molar refractivity (Wildman–Crippen MR) is 70.1 cm³/mol. The van der Waals surface area contributed by atoms with Gasteiger partial charge >= 0.3 is 0 Å². The Morgan fingerprint density at radius 2 is 1.94 bits per heavy atom. The molecule has 1 atom stereocenters. The zero-order valence-electron chi connectivity index (χ0n) is 11.0. The summed E-state index contributed by atoms with van der Waals surface area (Å²) in [4.78, 5) is 14.6. The predicted octanol–water partition coefficient (Wildman–Crippen LogP) is 1.74. The average Bonchev–Trinajstić information content (AvgIpc) is 2.78. The Balaban J connectivity index is 2.01. The maximum atomic E-state index is 12.2. The van der Waals surface area contributed by atoms with Gasteiger partial charge in [0, 0.05) is 6.04 Å². The lowest BCUT2D eigenvalue weighted by Crippen LogP contribution is -2.47. The third kappa shape index (κ3) is 3.17. The number of ketones is 1. The van der Waals surface area contributed by atoms with Crippen LogP contribution in [0.2, 0.25) is 0 Å². The molecule has 0 aromatic rings. The van der Waals surface area contributed by atoms with Gasteiger partial charge in [-0.05, 0) is 65.2 Å². The van der Waals surface area contributed by atoms with Gasteiger partial charge in [0.2, 0.25) is 0 Å². The molecule has 0 aliphatic carbocycles. The van der Waals surface area contributed by atoms with Gasteiger partial charge in [0.15, 0.2) is 5.78 Å². The van der Waals surface area contributed by atoms with Gasteiger partial charge in [-0.2, -0.15) is 0 Å². The maximum Gasteiger partial charge on any atom is 0.172 e. The van der Waals surface area contributed by atoms with Crippen molar-refractivity contribution >= 4 is 5.78 Å². The van der Waals surface area contributed by atoms with Crippen LogP contribution in [0.5, 0.6) is 0 Å². The molecule has 2 rings (SSSR count). The lowest BCUT2D eigenvalue weighted by atomic mass is 10.0. The van der Waals surface area contributed by atoms with Gasteiger partial charge in [-0.1, -0.05) is 5.57 Å². The van der Waals surface area contributed by atoms with Crippen LogP contribution >= 0.6 is 0 Å². The van der Waals surface area contributed by atoms with Gasteiger partial charge in [-0.15, -0.1) is 0 Å². The summed E-state index contributed by atoms with van der Waals surface area (Å²) in [7, 11) is 0. The van der Waals surface area contributed by atoms with Crippen molar-refractivity contribution in [2.24, 2.45) is 0 Å². The Labute approximate surface area is 104 Å². The van der Waals surface area contributed by atoms with Gasteiger partial charge in [-0.25, -0.2) is 0 Å². The van der Waals surface area contributed by atoms with E-state index in [9.17, 15) is 4.79 Å². The lowest BCUT2D eigenvalue weighted by Gasteiger charge is -2.34.